The van der Waals surface area contributed by atoms with Gasteiger partial charge in [-0.2, -0.15) is 0 Å². The van der Waals surface area contributed by atoms with Crippen molar-refractivity contribution in [2.24, 2.45) is 0 Å². The van der Waals surface area contributed by atoms with Crippen molar-refractivity contribution in [2.75, 3.05) is 5.90 Å². The highest BCUT2D eigenvalue weighted by atomic mass is 32.7. The second kappa shape index (κ2) is 8.93. The van der Waals surface area contributed by atoms with E-state index in [1.807, 2.05) is 0 Å². The fraction of sp³-hybridized carbons (Fsp3) is 0.0400. The van der Waals surface area contributed by atoms with Gasteiger partial charge in [-0.25, -0.2) is 0 Å². The Labute approximate surface area is 191 Å². The summed E-state index contributed by atoms with van der Waals surface area (Å²) in [6, 6.07) is 47.3. The highest BCUT2D eigenvalue weighted by Crippen LogP contribution is 3.13. The van der Waals surface area contributed by atoms with Crippen LogP contribution in [0.1, 0.15) is 0 Å². The van der Waals surface area contributed by atoms with Crippen molar-refractivity contribution in [1.29, 1.82) is 0 Å². The molecule has 0 bridgehead atoms. The zero-order valence-corrected chi connectivity index (χ0v) is 19.6. The Morgan fingerprint density at radius 1 is 0.452 bits per heavy atom. The lowest BCUT2D eigenvalue weighted by molar-refractivity contribution is 1.76. The van der Waals surface area contributed by atoms with E-state index in [2.05, 4.69) is 121 Å². The maximum Gasteiger partial charge on any atom is 0.140 e. The average molecular weight is 474 g/mol. The predicted molar refractivity (Wildman–Crippen MR) is 157 cm³/mol. The first kappa shape index (κ1) is 21.6. The second-order valence-corrected chi connectivity index (χ2v) is 22.4. The van der Waals surface area contributed by atoms with Gasteiger partial charge < -0.3 is 0 Å². The lowest BCUT2D eigenvalue weighted by Crippen LogP contribution is -2.15. The van der Waals surface area contributed by atoms with E-state index >= 15 is 0 Å². The van der Waals surface area contributed by atoms with E-state index in [1.54, 1.807) is 27.1 Å². The average Bonchev–Trinajstić information content (AvgIpc) is 3.10. The normalized spacial score (nSPS) is 27.8. The van der Waals surface area contributed by atoms with Crippen LogP contribution in [0.3, 0.4) is 0 Å². The van der Waals surface area contributed by atoms with Gasteiger partial charge >= 0.3 is 0 Å². The Morgan fingerprint density at radius 2 is 0.742 bits per heavy atom. The summed E-state index contributed by atoms with van der Waals surface area (Å²) in [5, 5.41) is 6.95. The van der Waals surface area contributed by atoms with Crippen LogP contribution in [0.15, 0.2) is 121 Å². The first-order valence-electron chi connectivity index (χ1n) is 9.77. The van der Waals surface area contributed by atoms with Crippen LogP contribution < -0.4 is 21.2 Å². The van der Waals surface area contributed by atoms with Crippen LogP contribution in [-0.4, -0.2) is 21.0 Å². The molecule has 0 amide bonds. The van der Waals surface area contributed by atoms with Crippen molar-refractivity contribution < 1.29 is 0 Å². The van der Waals surface area contributed by atoms with E-state index in [-0.39, 0.29) is 29.7 Å². The van der Waals surface area contributed by atoms with Crippen LogP contribution in [0, 0.1) is 0 Å². The Morgan fingerprint density at radius 3 is 1.06 bits per heavy atom. The molecule has 0 radical (unpaired) electrons. The fourth-order valence-corrected chi connectivity index (χ4v) is 39.6. The van der Waals surface area contributed by atoms with Gasteiger partial charge in [-0.15, -0.1) is 0 Å². The Balaban J connectivity index is 1.79. The molecule has 0 nitrogen and oxygen atoms in total. The zero-order valence-electron chi connectivity index (χ0n) is 16.0. The number of benzene rings is 4. The van der Waals surface area contributed by atoms with Crippen molar-refractivity contribution in [2.45, 2.75) is 0 Å². The third-order valence-electron chi connectivity index (χ3n) is 4.99. The third-order valence-corrected chi connectivity index (χ3v) is 30.3. The number of rotatable bonds is 4. The standard InChI is InChI=1S/C25H28B2P4/c26-30(24-17-9-3-10-18-24)21-31(27,25-19-11-4-12-20-25)29(23-15-7-2-8-16-23)28(30)22-13-5-1-6-14-22/h1-20H,21H2,26-27H3/t28-,29+,30?,31?. The van der Waals surface area contributed by atoms with Crippen LogP contribution in [0.4, 0.5) is 0 Å². The molecule has 1 aliphatic heterocycles. The van der Waals surface area contributed by atoms with Gasteiger partial charge in [-0.05, 0) is 24.3 Å². The molecule has 6 heteroatoms. The highest BCUT2D eigenvalue weighted by Gasteiger charge is 2.63. The summed E-state index contributed by atoms with van der Waals surface area (Å²) in [6.07, 6.45) is 0. The number of hydrogen-bond donors (Lipinski definition) is 0. The predicted octanol–water partition coefficient (Wildman–Crippen LogP) is 4.56. The monoisotopic (exact) mass is 474 g/mol. The molecule has 4 aromatic carbocycles. The van der Waals surface area contributed by atoms with Gasteiger partial charge in [-0.3, -0.25) is 0 Å². The molecule has 2 unspecified atom stereocenters. The quantitative estimate of drug-likeness (QED) is 0.301. The van der Waals surface area contributed by atoms with E-state index < -0.39 is 13.7 Å². The Kier molecular flexibility index (Phi) is 6.22. The molecule has 0 N–H and O–H groups in total. The van der Waals surface area contributed by atoms with E-state index in [1.165, 1.54) is 0 Å². The van der Waals surface area contributed by atoms with Crippen LogP contribution in [0.25, 0.3) is 0 Å². The summed E-state index contributed by atoms with van der Waals surface area (Å²) < 4.78 is 0. The van der Waals surface area contributed by atoms with Crippen LogP contribution in [0.5, 0.6) is 0 Å². The van der Waals surface area contributed by atoms with Crippen molar-refractivity contribution >= 4 is 64.6 Å². The second-order valence-electron chi connectivity index (χ2n) is 6.86. The van der Waals surface area contributed by atoms with Crippen molar-refractivity contribution in [3.8, 4) is 0 Å². The van der Waals surface area contributed by atoms with Gasteiger partial charge in [0.25, 0.3) is 0 Å². The summed E-state index contributed by atoms with van der Waals surface area (Å²) in [6.45, 7) is -2.12. The minimum Gasteiger partial charge on any atom is -0.0622 e. The number of hydrogen-bond acceptors (Lipinski definition) is 0. The largest absolute Gasteiger partial charge is 0.140 e. The van der Waals surface area contributed by atoms with Gasteiger partial charge in [0.1, 0.15) is 29.7 Å². The summed E-state index contributed by atoms with van der Waals surface area (Å²) in [5.41, 5.74) is 0. The van der Waals surface area contributed by atoms with Crippen molar-refractivity contribution in [1.82, 2.24) is 0 Å². The SMILES string of the molecule is [BH3-][P+]1(c2ccccc2)C[P+]([BH3-])(c2ccccc2)[P@@](c2ccccc2)[P@@]1c1ccccc1. The fourth-order valence-electron chi connectivity index (χ4n) is 3.65. The molecule has 0 aromatic heterocycles. The maximum absolute atomic E-state index is 2.51. The lowest BCUT2D eigenvalue weighted by atomic mass is 10.4. The smallest absolute Gasteiger partial charge is 0.0622 e. The molecule has 154 valence electrons. The zero-order chi connectivity index (χ0) is 21.3. The van der Waals surface area contributed by atoms with Crippen LogP contribution in [-0.2, 0) is 0 Å². The first-order chi connectivity index (χ1) is 15.1. The summed E-state index contributed by atoms with van der Waals surface area (Å²) >= 11 is 0. The topological polar surface area (TPSA) is 0 Å². The maximum atomic E-state index is 2.51. The molecular weight excluding hydrogens is 446 g/mol. The van der Waals surface area contributed by atoms with Gasteiger partial charge in [0.2, 0.25) is 0 Å². The molecule has 31 heavy (non-hydrogen) atoms. The molecule has 1 fully saturated rings. The summed E-state index contributed by atoms with van der Waals surface area (Å²) in [7, 11) is 0.192. The molecule has 1 aliphatic rings. The molecule has 4 atom stereocenters. The van der Waals surface area contributed by atoms with Gasteiger partial charge in [0.15, 0.2) is 0 Å². The molecule has 0 saturated carbocycles. The Hall–Kier alpha value is -1.27. The van der Waals surface area contributed by atoms with Crippen LogP contribution >= 0.6 is 28.3 Å². The van der Waals surface area contributed by atoms with Gasteiger partial charge in [0, 0.05) is 10.6 Å². The molecule has 1 saturated heterocycles. The highest BCUT2D eigenvalue weighted by molar-refractivity contribution is 8.97. The molecular formula is C25H28B2P4. The summed E-state index contributed by atoms with van der Waals surface area (Å²) in [4.78, 5) is 0. The van der Waals surface area contributed by atoms with E-state index in [4.69, 9.17) is 0 Å². The molecule has 4 aromatic rings. The molecule has 5 rings (SSSR count). The minimum absolute atomic E-state index is 0.114. The minimum atomic E-state index is -1.06. The van der Waals surface area contributed by atoms with Crippen LogP contribution in [0.2, 0.25) is 0 Å². The third kappa shape index (κ3) is 3.88. The van der Waals surface area contributed by atoms with Crippen molar-refractivity contribution in [3.05, 3.63) is 121 Å². The van der Waals surface area contributed by atoms with E-state index in [0.29, 0.717) is 0 Å². The Bertz CT molecular complexity index is 1050. The van der Waals surface area contributed by atoms with Crippen molar-refractivity contribution in [3.63, 3.8) is 0 Å². The molecule has 1 heterocycles. The first-order valence-corrected chi connectivity index (χ1v) is 17.6. The van der Waals surface area contributed by atoms with E-state index in [9.17, 15) is 0 Å². The summed E-state index contributed by atoms with van der Waals surface area (Å²) in [5.74, 6) is 1.61. The van der Waals surface area contributed by atoms with Gasteiger partial charge in [0.05, 0.1) is 16.5 Å². The van der Waals surface area contributed by atoms with E-state index in [0.717, 1.165) is 0 Å². The molecule has 0 spiro atoms. The lowest BCUT2D eigenvalue weighted by Gasteiger charge is -2.31. The molecule has 0 aliphatic carbocycles. The van der Waals surface area contributed by atoms with Gasteiger partial charge in [-0.1, -0.05) is 111 Å².